The smallest absolute Gasteiger partial charge is 0.356 e. The largest absolute Gasteiger partial charge is 0.476 e. The van der Waals surface area contributed by atoms with Crippen molar-refractivity contribution in [1.29, 1.82) is 0 Å². The average Bonchev–Trinajstić information content (AvgIpc) is 2.77. The van der Waals surface area contributed by atoms with E-state index in [1.54, 1.807) is 0 Å². The van der Waals surface area contributed by atoms with Gasteiger partial charge < -0.3 is 5.11 Å². The van der Waals surface area contributed by atoms with Gasteiger partial charge in [0.1, 0.15) is 0 Å². The number of nitrogens with zero attached hydrogens (tertiary/aromatic N) is 1. The summed E-state index contributed by atoms with van der Waals surface area (Å²) in [5.74, 6) is -0.950. The second kappa shape index (κ2) is 5.53. The summed E-state index contributed by atoms with van der Waals surface area (Å²) in [5, 5.41) is 10.2. The van der Waals surface area contributed by atoms with Crippen LogP contribution in [0.25, 0.3) is 10.4 Å². The molecule has 0 aliphatic carbocycles. The van der Waals surface area contributed by atoms with Crippen LogP contribution < -0.4 is 0 Å². The summed E-state index contributed by atoms with van der Waals surface area (Å²) in [6.45, 7) is 6.08. The lowest BCUT2D eigenvalue weighted by molar-refractivity contribution is 0.0692. The molecule has 0 atom stereocenters. The average molecular weight is 275 g/mol. The van der Waals surface area contributed by atoms with Gasteiger partial charge in [0.15, 0.2) is 5.69 Å². The number of benzene rings is 1. The van der Waals surface area contributed by atoms with Gasteiger partial charge in [-0.05, 0) is 37.8 Å². The number of aromatic nitrogens is 1. The van der Waals surface area contributed by atoms with Gasteiger partial charge in [-0.15, -0.1) is 11.3 Å². The molecule has 2 aromatic rings. The molecule has 19 heavy (non-hydrogen) atoms. The van der Waals surface area contributed by atoms with Crippen molar-refractivity contribution in [1.82, 2.24) is 4.98 Å². The monoisotopic (exact) mass is 275 g/mol. The number of aryl methyl sites for hydroxylation is 3. The molecule has 1 aromatic carbocycles. The predicted molar refractivity (Wildman–Crippen MR) is 78.0 cm³/mol. The number of carboxylic acid groups (broad SMARTS) is 1. The highest BCUT2D eigenvalue weighted by atomic mass is 32.1. The minimum Gasteiger partial charge on any atom is -0.476 e. The molecule has 0 aliphatic heterocycles. The van der Waals surface area contributed by atoms with E-state index < -0.39 is 5.97 Å². The number of hydrogen-bond donors (Lipinski definition) is 1. The molecule has 0 bridgehead atoms. The van der Waals surface area contributed by atoms with Crippen molar-refractivity contribution in [3.05, 3.63) is 40.0 Å². The maximum Gasteiger partial charge on any atom is 0.356 e. The summed E-state index contributed by atoms with van der Waals surface area (Å²) in [5.41, 5.74) is 3.38. The second-order valence-electron chi connectivity index (χ2n) is 4.66. The van der Waals surface area contributed by atoms with E-state index >= 15 is 0 Å². The van der Waals surface area contributed by atoms with E-state index in [-0.39, 0.29) is 5.69 Å². The Morgan fingerprint density at radius 3 is 2.74 bits per heavy atom. The normalized spacial score (nSPS) is 10.7. The number of aromatic carboxylic acids is 1. The lowest BCUT2D eigenvalue weighted by atomic mass is 10.0. The van der Waals surface area contributed by atoms with Crippen molar-refractivity contribution in [3.63, 3.8) is 0 Å². The van der Waals surface area contributed by atoms with Gasteiger partial charge in [0, 0.05) is 0 Å². The van der Waals surface area contributed by atoms with Crippen LogP contribution in [0.15, 0.2) is 18.2 Å². The van der Waals surface area contributed by atoms with E-state index in [1.807, 2.05) is 32.0 Å². The summed E-state index contributed by atoms with van der Waals surface area (Å²) < 4.78 is 0. The molecule has 0 spiro atoms. The van der Waals surface area contributed by atoms with Crippen molar-refractivity contribution < 1.29 is 9.90 Å². The Bertz CT molecular complexity index is 617. The van der Waals surface area contributed by atoms with Gasteiger partial charge in [-0.3, -0.25) is 0 Å². The third-order valence-electron chi connectivity index (χ3n) is 2.98. The molecule has 0 radical (unpaired) electrons. The van der Waals surface area contributed by atoms with Gasteiger partial charge in [0.2, 0.25) is 0 Å². The van der Waals surface area contributed by atoms with Crippen LogP contribution in [0, 0.1) is 13.8 Å². The summed E-state index contributed by atoms with van der Waals surface area (Å²) in [6.07, 6.45) is 1.80. The molecule has 0 amide bonds. The summed E-state index contributed by atoms with van der Waals surface area (Å²) in [6, 6.07) is 6.09. The number of rotatable bonds is 4. The Labute approximate surface area is 116 Å². The highest BCUT2D eigenvalue weighted by Crippen LogP contribution is 2.33. The molecule has 0 unspecified atom stereocenters. The van der Waals surface area contributed by atoms with Gasteiger partial charge >= 0.3 is 5.97 Å². The van der Waals surface area contributed by atoms with Gasteiger partial charge in [-0.1, -0.05) is 30.7 Å². The summed E-state index contributed by atoms with van der Waals surface area (Å²) in [7, 11) is 0. The maximum atomic E-state index is 11.4. The Hall–Kier alpha value is -1.68. The molecule has 4 heteroatoms. The fraction of sp³-hybridized carbons (Fsp3) is 0.333. The predicted octanol–water partition coefficient (Wildman–Crippen LogP) is 4.08. The van der Waals surface area contributed by atoms with E-state index in [1.165, 1.54) is 11.3 Å². The van der Waals surface area contributed by atoms with E-state index in [0.29, 0.717) is 0 Å². The Morgan fingerprint density at radius 2 is 2.11 bits per heavy atom. The van der Waals surface area contributed by atoms with Crippen LogP contribution >= 0.6 is 11.3 Å². The zero-order chi connectivity index (χ0) is 14.0. The minimum absolute atomic E-state index is 0.183. The van der Waals surface area contributed by atoms with Crippen molar-refractivity contribution in [3.8, 4) is 10.4 Å². The zero-order valence-electron chi connectivity index (χ0n) is 11.4. The molecule has 100 valence electrons. The molecule has 0 saturated carbocycles. The van der Waals surface area contributed by atoms with E-state index in [9.17, 15) is 9.90 Å². The molecule has 3 nitrogen and oxygen atoms in total. The van der Waals surface area contributed by atoms with Crippen LogP contribution in [-0.4, -0.2) is 16.1 Å². The first-order valence-electron chi connectivity index (χ1n) is 6.33. The molecular weight excluding hydrogens is 258 g/mol. The quantitative estimate of drug-likeness (QED) is 0.914. The molecule has 0 aliphatic rings. The van der Waals surface area contributed by atoms with Gasteiger partial charge in [0.25, 0.3) is 0 Å². The number of thiazole rings is 1. The fourth-order valence-electron chi connectivity index (χ4n) is 1.99. The first kappa shape index (κ1) is 13.7. The highest BCUT2D eigenvalue weighted by molar-refractivity contribution is 7.15. The number of carboxylic acids is 1. The molecule has 1 N–H and O–H groups in total. The molecule has 1 heterocycles. The molecule has 2 rings (SSSR count). The first-order chi connectivity index (χ1) is 9.02. The van der Waals surface area contributed by atoms with Gasteiger partial charge in [-0.2, -0.15) is 0 Å². The molecule has 0 fully saturated rings. The summed E-state index contributed by atoms with van der Waals surface area (Å²) in [4.78, 5) is 16.4. The Kier molecular flexibility index (Phi) is 4.00. The van der Waals surface area contributed by atoms with Crippen molar-refractivity contribution in [2.75, 3.05) is 0 Å². The van der Waals surface area contributed by atoms with Crippen molar-refractivity contribution in [2.24, 2.45) is 0 Å². The topological polar surface area (TPSA) is 50.2 Å². The van der Waals surface area contributed by atoms with Crippen LogP contribution in [0.5, 0.6) is 0 Å². The van der Waals surface area contributed by atoms with Crippen LogP contribution in [0.2, 0.25) is 0 Å². The number of carbonyl (C=O) groups is 1. The highest BCUT2D eigenvalue weighted by Gasteiger charge is 2.19. The lowest BCUT2D eigenvalue weighted by Crippen LogP contribution is -2.00. The molecule has 1 aromatic heterocycles. The van der Waals surface area contributed by atoms with Gasteiger partial charge in [-0.25, -0.2) is 9.78 Å². The first-order valence-corrected chi connectivity index (χ1v) is 7.15. The van der Waals surface area contributed by atoms with E-state index in [4.69, 9.17) is 0 Å². The van der Waals surface area contributed by atoms with Crippen molar-refractivity contribution >= 4 is 17.3 Å². The minimum atomic E-state index is -0.950. The lowest BCUT2D eigenvalue weighted by Gasteiger charge is -2.05. The SMILES string of the molecule is CCCc1nc(C(=O)O)c(-c2cc(C)ccc2C)s1. The summed E-state index contributed by atoms with van der Waals surface area (Å²) >= 11 is 1.50. The Balaban J connectivity index is 2.59. The second-order valence-corrected chi connectivity index (χ2v) is 5.74. The zero-order valence-corrected chi connectivity index (χ0v) is 12.2. The number of hydrogen-bond acceptors (Lipinski definition) is 3. The van der Waals surface area contributed by atoms with Crippen molar-refractivity contribution in [2.45, 2.75) is 33.6 Å². The third kappa shape index (κ3) is 2.84. The third-order valence-corrected chi connectivity index (χ3v) is 4.12. The van der Waals surface area contributed by atoms with Crippen LogP contribution in [0.3, 0.4) is 0 Å². The van der Waals surface area contributed by atoms with Crippen LogP contribution in [0.4, 0.5) is 0 Å². The molecule has 0 saturated heterocycles. The van der Waals surface area contributed by atoms with Crippen LogP contribution in [0.1, 0.15) is 40.0 Å². The Morgan fingerprint density at radius 1 is 1.37 bits per heavy atom. The van der Waals surface area contributed by atoms with Crippen LogP contribution in [-0.2, 0) is 6.42 Å². The maximum absolute atomic E-state index is 11.4. The van der Waals surface area contributed by atoms with E-state index in [0.717, 1.165) is 39.4 Å². The fourth-order valence-corrected chi connectivity index (χ4v) is 3.23. The standard InChI is InChI=1S/C15H17NO2S/c1-4-5-12-16-13(15(17)18)14(19-12)11-8-9(2)6-7-10(11)3/h6-8H,4-5H2,1-3H3,(H,17,18). The van der Waals surface area contributed by atoms with E-state index in [2.05, 4.69) is 11.9 Å². The van der Waals surface area contributed by atoms with Gasteiger partial charge in [0.05, 0.1) is 9.88 Å². The molecular formula is C15H17NO2S.